The summed E-state index contributed by atoms with van der Waals surface area (Å²) in [5.74, 6) is -0.212. The summed E-state index contributed by atoms with van der Waals surface area (Å²) in [7, 11) is 3.78. The maximum absolute atomic E-state index is 12.7. The van der Waals surface area contributed by atoms with Crippen LogP contribution in [0.1, 0.15) is 31.3 Å². The summed E-state index contributed by atoms with van der Waals surface area (Å²) in [5, 5.41) is 2.71. The van der Waals surface area contributed by atoms with Crippen molar-refractivity contribution in [2.75, 3.05) is 72.3 Å². The van der Waals surface area contributed by atoms with E-state index < -0.39 is 17.0 Å². The van der Waals surface area contributed by atoms with Crippen molar-refractivity contribution < 1.29 is 36.9 Å². The molecule has 1 atom stereocenters. The zero-order valence-corrected chi connectivity index (χ0v) is 27.0. The van der Waals surface area contributed by atoms with Gasteiger partial charge in [0.1, 0.15) is 22.6 Å². The van der Waals surface area contributed by atoms with Gasteiger partial charge in [-0.3, -0.25) is 13.8 Å². The first-order valence-corrected chi connectivity index (χ1v) is 14.6. The molecule has 1 heterocycles. The maximum atomic E-state index is 12.7. The smallest absolute Gasteiger partial charge is 0.293 e. The molecule has 0 bridgehead atoms. The third-order valence-electron chi connectivity index (χ3n) is 4.24. The van der Waals surface area contributed by atoms with Gasteiger partial charge in [-0.1, -0.05) is 13.2 Å². The Hall–Kier alpha value is -2.69. The number of ether oxygens (including phenoxy) is 4. The molecule has 1 aromatic rings. The largest absolute Gasteiger partial charge is 0.489 e. The summed E-state index contributed by atoms with van der Waals surface area (Å²) in [5.41, 5.74) is 6.38. The van der Waals surface area contributed by atoms with Crippen LogP contribution in [0.25, 0.3) is 0 Å². The predicted octanol–water partition coefficient (Wildman–Crippen LogP) is 2.38. The number of halogens is 1. The summed E-state index contributed by atoms with van der Waals surface area (Å²) >= 11 is 1.88. The van der Waals surface area contributed by atoms with E-state index in [4.69, 9.17) is 24.1 Å². The number of hydrogen-bond acceptors (Lipinski definition) is 12. The molecule has 0 aliphatic carbocycles. The van der Waals surface area contributed by atoms with Crippen molar-refractivity contribution in [3.05, 3.63) is 52.8 Å². The van der Waals surface area contributed by atoms with Gasteiger partial charge in [0, 0.05) is 18.4 Å². The lowest BCUT2D eigenvalue weighted by molar-refractivity contribution is -0.138. The van der Waals surface area contributed by atoms with Crippen LogP contribution in [0.4, 0.5) is 5.82 Å². The monoisotopic (exact) mass is 663 g/mol. The summed E-state index contributed by atoms with van der Waals surface area (Å²) in [6.45, 7) is 16.0. The minimum Gasteiger partial charge on any atom is -0.489 e. The fourth-order valence-corrected chi connectivity index (χ4v) is 3.21. The molecule has 1 aromatic heterocycles. The van der Waals surface area contributed by atoms with E-state index in [1.807, 2.05) is 39.8 Å². The number of nitrogen functional groups attached to an aromatic ring is 1. The van der Waals surface area contributed by atoms with Crippen LogP contribution < -0.4 is 11.1 Å². The molecule has 3 N–H and O–H groups in total. The van der Waals surface area contributed by atoms with Gasteiger partial charge in [-0.25, -0.2) is 14.2 Å². The van der Waals surface area contributed by atoms with E-state index in [2.05, 4.69) is 49.1 Å². The quantitative estimate of drug-likeness (QED) is 0.102. The summed E-state index contributed by atoms with van der Waals surface area (Å²) in [6, 6.07) is 0. The second-order valence-electron chi connectivity index (χ2n) is 9.29. The summed E-state index contributed by atoms with van der Waals surface area (Å²) in [4.78, 5) is 32.3. The molecule has 1 amide bonds. The van der Waals surface area contributed by atoms with Crippen LogP contribution in [0, 0.1) is 0 Å². The molecule has 41 heavy (non-hydrogen) atoms. The van der Waals surface area contributed by atoms with Crippen molar-refractivity contribution in [2.24, 2.45) is 0 Å². The Balaban J connectivity index is 0.00000201. The summed E-state index contributed by atoms with van der Waals surface area (Å²) in [6.07, 6.45) is 4.30. The summed E-state index contributed by atoms with van der Waals surface area (Å²) < 4.78 is 37.3. The zero-order valence-electron chi connectivity index (χ0n) is 24.6. The lowest BCUT2D eigenvalue weighted by Gasteiger charge is -2.20. The molecule has 0 saturated carbocycles. The Morgan fingerprint density at radius 1 is 1.17 bits per heavy atom. The zero-order chi connectivity index (χ0) is 31.4. The number of nitrogens with zero attached hydrogens (tertiary/aromatic N) is 3. The Kier molecular flexibility index (Phi) is 19.7. The average Bonchev–Trinajstić information content (AvgIpc) is 2.86. The second kappa shape index (κ2) is 21.1. The second-order valence-corrected chi connectivity index (χ2v) is 11.1. The highest BCUT2D eigenvalue weighted by Crippen LogP contribution is 2.17. The van der Waals surface area contributed by atoms with Crippen molar-refractivity contribution in [1.29, 1.82) is 0 Å². The number of allylic oxidation sites excluding steroid dienone is 1. The van der Waals surface area contributed by atoms with Gasteiger partial charge >= 0.3 is 0 Å². The van der Waals surface area contributed by atoms with Gasteiger partial charge in [0.15, 0.2) is 22.6 Å². The molecule has 15 heteroatoms. The van der Waals surface area contributed by atoms with Gasteiger partial charge in [-0.05, 0) is 56.9 Å². The minimum atomic E-state index is -1.30. The Morgan fingerprint density at radius 3 is 2.24 bits per heavy atom. The van der Waals surface area contributed by atoms with E-state index in [-0.39, 0.29) is 36.9 Å². The molecular formula is C26H42BrN5O8S. The van der Waals surface area contributed by atoms with Crippen LogP contribution in [0.5, 0.6) is 0 Å². The van der Waals surface area contributed by atoms with E-state index >= 15 is 0 Å². The van der Waals surface area contributed by atoms with Gasteiger partial charge in [-0.2, -0.15) is 0 Å². The molecule has 13 nitrogen and oxygen atoms in total. The van der Waals surface area contributed by atoms with E-state index in [9.17, 15) is 13.8 Å². The average molecular weight is 665 g/mol. The fourth-order valence-electron chi connectivity index (χ4n) is 2.63. The molecule has 0 saturated heterocycles. The van der Waals surface area contributed by atoms with Gasteiger partial charge in [-0.15, -0.1) is 0 Å². The van der Waals surface area contributed by atoms with Crippen LogP contribution in [0.2, 0.25) is 0 Å². The lowest BCUT2D eigenvalue weighted by Crippen LogP contribution is -2.27. The van der Waals surface area contributed by atoms with E-state index in [1.165, 1.54) is 18.5 Å². The molecule has 0 spiro atoms. The first kappa shape index (κ1) is 38.3. The molecule has 0 aromatic carbocycles. The van der Waals surface area contributed by atoms with E-state index in [1.54, 1.807) is 0 Å². The van der Waals surface area contributed by atoms with E-state index in [0.29, 0.717) is 54.5 Å². The van der Waals surface area contributed by atoms with Crippen LogP contribution in [0.3, 0.4) is 0 Å². The number of carbonyl (C=O) groups excluding carboxylic acids is 2. The number of nitrogens with one attached hydrogen (secondary N) is 1. The van der Waals surface area contributed by atoms with Gasteiger partial charge in [0.25, 0.3) is 12.4 Å². The van der Waals surface area contributed by atoms with Crippen LogP contribution in [-0.4, -0.2) is 104 Å². The fraction of sp³-hybridized carbons (Fsp3) is 0.538. The Bertz CT molecular complexity index is 1050. The maximum Gasteiger partial charge on any atom is 0.293 e. The molecular weight excluding hydrogens is 622 g/mol. The molecule has 1 unspecified atom stereocenters. The van der Waals surface area contributed by atoms with Crippen LogP contribution in [0.15, 0.2) is 47.1 Å². The standard InChI is InChI=1S/C21H32BrN5O6S.C5H10O2/c1-6-16(25-21(28)18-20(23)24-13-17(22)26-18)19(15(2)14-27(3)4)32-11-9-30-7-8-31-10-12-33-34(5)29;1-5(2,3)7-4-6/h6,13H,1-2,7-12,14H2,3-5H3,(H2,23,24)(H,25,28);4H,1-3H3/b19-16-;. The number of carbonyl (C=O) groups is 2. The first-order chi connectivity index (χ1) is 19.2. The Labute approximate surface area is 253 Å². The minimum absolute atomic E-state index is 0.0103. The Morgan fingerprint density at radius 2 is 1.76 bits per heavy atom. The molecule has 0 radical (unpaired) electrons. The number of aromatic nitrogens is 2. The van der Waals surface area contributed by atoms with E-state index in [0.717, 1.165) is 0 Å². The number of rotatable bonds is 18. The van der Waals surface area contributed by atoms with Crippen molar-refractivity contribution in [1.82, 2.24) is 20.2 Å². The van der Waals surface area contributed by atoms with Crippen LogP contribution in [-0.2, 0) is 39.0 Å². The van der Waals surface area contributed by atoms with Crippen molar-refractivity contribution in [2.45, 2.75) is 26.4 Å². The topological polar surface area (TPSA) is 164 Å². The highest BCUT2D eigenvalue weighted by Gasteiger charge is 2.18. The predicted molar refractivity (Wildman–Crippen MR) is 161 cm³/mol. The van der Waals surface area contributed by atoms with Crippen molar-refractivity contribution in [3.8, 4) is 0 Å². The van der Waals surface area contributed by atoms with Crippen molar-refractivity contribution in [3.63, 3.8) is 0 Å². The van der Waals surface area contributed by atoms with Crippen molar-refractivity contribution >= 4 is 45.2 Å². The first-order valence-electron chi connectivity index (χ1n) is 12.4. The lowest BCUT2D eigenvalue weighted by atomic mass is 10.2. The molecule has 1 rings (SSSR count). The number of nitrogens with two attached hydrogens (primary N) is 1. The SMILES string of the molecule is C=C/C(NC(=O)c1nc(Br)cnc1N)=C(/OCCOCCOCCOS(C)=O)C(=C)CN(C)C.CC(C)(C)OC=O. The molecule has 0 aliphatic rings. The number of likely N-dealkylation sites (N-methyl/N-ethyl adjacent to an activating group) is 1. The molecule has 0 aliphatic heterocycles. The number of anilines is 1. The molecule has 232 valence electrons. The third kappa shape index (κ3) is 19.1. The number of amides is 1. The molecule has 0 fully saturated rings. The number of hydrogen-bond donors (Lipinski definition) is 2. The highest BCUT2D eigenvalue weighted by molar-refractivity contribution is 9.10. The third-order valence-corrected chi connectivity index (χ3v) is 5.12. The highest BCUT2D eigenvalue weighted by atomic mass is 79.9. The van der Waals surface area contributed by atoms with Gasteiger partial charge in [0.05, 0.1) is 44.9 Å². The van der Waals surface area contributed by atoms with Crippen LogP contribution >= 0.6 is 15.9 Å². The van der Waals surface area contributed by atoms with Gasteiger partial charge < -0.3 is 34.9 Å². The normalized spacial score (nSPS) is 12.4. The van der Waals surface area contributed by atoms with Gasteiger partial charge in [0.2, 0.25) is 0 Å².